The number of carbonyl (C=O) groups excluding carboxylic acids is 1. The second-order valence-corrected chi connectivity index (χ2v) is 6.94. The van der Waals surface area contributed by atoms with E-state index in [0.717, 1.165) is 33.8 Å². The molecule has 0 fully saturated rings. The Hall–Kier alpha value is -2.68. The van der Waals surface area contributed by atoms with Gasteiger partial charge >= 0.3 is 0 Å². The van der Waals surface area contributed by atoms with Gasteiger partial charge in [-0.15, -0.1) is 0 Å². The van der Waals surface area contributed by atoms with Crippen LogP contribution in [0.3, 0.4) is 0 Å². The van der Waals surface area contributed by atoms with E-state index in [1.165, 1.54) is 0 Å². The standard InChI is InChI=1S/C20H18N2O/c1-20(2,3)19-16-17(14-11-7-8-12-15(14)18(16)23)21-22(19)13-9-5-4-6-10-13/h4-12H,1-3H3. The molecule has 1 aromatic heterocycles. The third-order valence-corrected chi connectivity index (χ3v) is 4.25. The van der Waals surface area contributed by atoms with Crippen LogP contribution in [-0.2, 0) is 5.41 Å². The summed E-state index contributed by atoms with van der Waals surface area (Å²) in [4.78, 5) is 12.9. The summed E-state index contributed by atoms with van der Waals surface area (Å²) in [6.45, 7) is 6.38. The summed E-state index contributed by atoms with van der Waals surface area (Å²) in [6, 6.07) is 17.7. The number of hydrogen-bond donors (Lipinski definition) is 0. The number of fused-ring (bicyclic) bond motifs is 3. The van der Waals surface area contributed by atoms with Crippen molar-refractivity contribution in [3.63, 3.8) is 0 Å². The lowest BCUT2D eigenvalue weighted by Crippen LogP contribution is -2.21. The van der Waals surface area contributed by atoms with Crippen molar-refractivity contribution < 1.29 is 4.79 Å². The van der Waals surface area contributed by atoms with Crippen LogP contribution < -0.4 is 0 Å². The molecule has 0 radical (unpaired) electrons. The minimum absolute atomic E-state index is 0.0858. The van der Waals surface area contributed by atoms with Crippen LogP contribution in [0.5, 0.6) is 0 Å². The molecule has 0 spiro atoms. The van der Waals surface area contributed by atoms with E-state index in [1.54, 1.807) is 0 Å². The summed E-state index contributed by atoms with van der Waals surface area (Å²) in [5.41, 5.74) is 5.02. The van der Waals surface area contributed by atoms with Crippen LogP contribution in [-0.4, -0.2) is 15.6 Å². The maximum Gasteiger partial charge on any atom is 0.197 e. The lowest BCUT2D eigenvalue weighted by molar-refractivity contribution is 0.104. The largest absolute Gasteiger partial charge is 0.288 e. The van der Waals surface area contributed by atoms with Gasteiger partial charge < -0.3 is 0 Å². The molecule has 0 atom stereocenters. The van der Waals surface area contributed by atoms with Crippen LogP contribution in [0.4, 0.5) is 0 Å². The molecule has 0 N–H and O–H groups in total. The van der Waals surface area contributed by atoms with Crippen molar-refractivity contribution in [3.8, 4) is 16.9 Å². The Bertz CT molecular complexity index is 915. The fourth-order valence-electron chi connectivity index (χ4n) is 3.29. The predicted octanol–water partition coefficient (Wildman–Crippen LogP) is 4.38. The first kappa shape index (κ1) is 13.9. The first-order valence-electron chi connectivity index (χ1n) is 7.81. The number of aromatic nitrogens is 2. The highest BCUT2D eigenvalue weighted by atomic mass is 16.1. The average molecular weight is 302 g/mol. The molecule has 3 aromatic rings. The molecule has 1 aliphatic rings. The lowest BCUT2D eigenvalue weighted by atomic mass is 9.87. The van der Waals surface area contributed by atoms with E-state index in [4.69, 9.17) is 5.10 Å². The van der Waals surface area contributed by atoms with E-state index >= 15 is 0 Å². The van der Waals surface area contributed by atoms with E-state index in [9.17, 15) is 4.79 Å². The first-order chi connectivity index (χ1) is 11.0. The highest BCUT2D eigenvalue weighted by Gasteiger charge is 2.38. The minimum atomic E-state index is -0.186. The van der Waals surface area contributed by atoms with Crippen molar-refractivity contribution in [1.82, 2.24) is 9.78 Å². The summed E-state index contributed by atoms with van der Waals surface area (Å²) >= 11 is 0. The number of rotatable bonds is 1. The number of nitrogens with zero attached hydrogens (tertiary/aromatic N) is 2. The molecule has 2 aromatic carbocycles. The van der Waals surface area contributed by atoms with Gasteiger partial charge in [0.2, 0.25) is 0 Å². The van der Waals surface area contributed by atoms with Crippen molar-refractivity contribution in [2.24, 2.45) is 0 Å². The Balaban J connectivity index is 2.06. The number of benzene rings is 2. The quantitative estimate of drug-likeness (QED) is 0.523. The molecule has 1 heterocycles. The molecule has 0 bridgehead atoms. The third-order valence-electron chi connectivity index (χ3n) is 4.25. The molecular weight excluding hydrogens is 284 g/mol. The Morgan fingerprint density at radius 3 is 2.13 bits per heavy atom. The summed E-state index contributed by atoms with van der Waals surface area (Å²) in [5.74, 6) is 0.0858. The van der Waals surface area contributed by atoms with E-state index in [1.807, 2.05) is 59.3 Å². The van der Waals surface area contributed by atoms with Crippen LogP contribution >= 0.6 is 0 Å². The number of hydrogen-bond acceptors (Lipinski definition) is 2. The molecule has 114 valence electrons. The molecular formula is C20H18N2O. The number of carbonyl (C=O) groups is 1. The van der Waals surface area contributed by atoms with Crippen LogP contribution in [0, 0.1) is 0 Å². The van der Waals surface area contributed by atoms with Crippen LogP contribution in [0.15, 0.2) is 54.6 Å². The van der Waals surface area contributed by atoms with Crippen LogP contribution in [0.2, 0.25) is 0 Å². The van der Waals surface area contributed by atoms with Crippen LogP contribution in [0.1, 0.15) is 42.4 Å². The highest BCUT2D eigenvalue weighted by Crippen LogP contribution is 2.42. The van der Waals surface area contributed by atoms with E-state index < -0.39 is 0 Å². The topological polar surface area (TPSA) is 34.9 Å². The molecule has 23 heavy (non-hydrogen) atoms. The Kier molecular flexibility index (Phi) is 2.82. The maximum atomic E-state index is 12.9. The van der Waals surface area contributed by atoms with Gasteiger partial charge in [-0.2, -0.15) is 5.10 Å². The van der Waals surface area contributed by atoms with Crippen molar-refractivity contribution in [1.29, 1.82) is 0 Å². The molecule has 0 saturated heterocycles. The summed E-state index contributed by atoms with van der Waals surface area (Å²) < 4.78 is 1.93. The van der Waals surface area contributed by atoms with E-state index in [-0.39, 0.29) is 11.2 Å². The molecule has 1 aliphatic carbocycles. The van der Waals surface area contributed by atoms with Crippen molar-refractivity contribution in [2.75, 3.05) is 0 Å². The summed E-state index contributed by atoms with van der Waals surface area (Å²) in [7, 11) is 0. The van der Waals surface area contributed by atoms with Gasteiger partial charge in [0, 0.05) is 16.5 Å². The second-order valence-electron chi connectivity index (χ2n) is 6.94. The molecule has 0 unspecified atom stereocenters. The molecule has 3 nitrogen and oxygen atoms in total. The van der Waals surface area contributed by atoms with Crippen LogP contribution in [0.25, 0.3) is 16.9 Å². The summed E-state index contributed by atoms with van der Waals surface area (Å²) in [5, 5.41) is 4.82. The maximum absolute atomic E-state index is 12.9. The molecule has 4 rings (SSSR count). The highest BCUT2D eigenvalue weighted by molar-refractivity contribution is 6.21. The van der Waals surface area contributed by atoms with Gasteiger partial charge in [-0.25, -0.2) is 4.68 Å². The number of para-hydroxylation sites is 1. The van der Waals surface area contributed by atoms with Crippen molar-refractivity contribution in [2.45, 2.75) is 26.2 Å². The van der Waals surface area contributed by atoms with Crippen molar-refractivity contribution >= 4 is 5.78 Å². The zero-order valence-electron chi connectivity index (χ0n) is 13.5. The smallest absolute Gasteiger partial charge is 0.197 e. The second kappa shape index (κ2) is 4.66. The Morgan fingerprint density at radius 1 is 0.870 bits per heavy atom. The number of ketones is 1. The van der Waals surface area contributed by atoms with Gasteiger partial charge in [0.1, 0.15) is 5.69 Å². The first-order valence-corrected chi connectivity index (χ1v) is 7.81. The van der Waals surface area contributed by atoms with Gasteiger partial charge in [-0.3, -0.25) is 4.79 Å². The van der Waals surface area contributed by atoms with Gasteiger partial charge in [0.25, 0.3) is 0 Å². The van der Waals surface area contributed by atoms with E-state index in [2.05, 4.69) is 20.8 Å². The Morgan fingerprint density at radius 2 is 1.48 bits per heavy atom. The third kappa shape index (κ3) is 1.96. The van der Waals surface area contributed by atoms with Gasteiger partial charge in [0.05, 0.1) is 16.9 Å². The predicted molar refractivity (Wildman–Crippen MR) is 91.1 cm³/mol. The van der Waals surface area contributed by atoms with E-state index in [0.29, 0.717) is 0 Å². The zero-order valence-corrected chi connectivity index (χ0v) is 13.5. The minimum Gasteiger partial charge on any atom is -0.288 e. The molecule has 0 saturated carbocycles. The SMILES string of the molecule is CC(C)(C)c1c2c(nn1-c1ccccc1)-c1ccccc1C2=O. The van der Waals surface area contributed by atoms with Gasteiger partial charge in [-0.05, 0) is 12.1 Å². The average Bonchev–Trinajstić information content (AvgIpc) is 3.06. The molecule has 0 aliphatic heterocycles. The normalized spacial score (nSPS) is 13.1. The molecule has 3 heteroatoms. The lowest BCUT2D eigenvalue weighted by Gasteiger charge is -2.22. The monoisotopic (exact) mass is 302 g/mol. The zero-order chi connectivity index (χ0) is 16.2. The fourth-order valence-corrected chi connectivity index (χ4v) is 3.29. The summed E-state index contributed by atoms with van der Waals surface area (Å²) in [6.07, 6.45) is 0. The Labute approximate surface area is 135 Å². The van der Waals surface area contributed by atoms with Gasteiger partial charge in [0.15, 0.2) is 5.78 Å². The van der Waals surface area contributed by atoms with Gasteiger partial charge in [-0.1, -0.05) is 63.2 Å². The van der Waals surface area contributed by atoms with Crippen molar-refractivity contribution in [3.05, 3.63) is 71.4 Å². The fraction of sp³-hybridized carbons (Fsp3) is 0.200. The molecule has 0 amide bonds.